The number of rotatable bonds is 8. The average Bonchev–Trinajstić information content (AvgIpc) is 3.18. The number of hydrogen-bond acceptors (Lipinski definition) is 4. The van der Waals surface area contributed by atoms with Gasteiger partial charge in [0.1, 0.15) is 5.82 Å². The van der Waals surface area contributed by atoms with Crippen LogP contribution in [-0.4, -0.2) is 52.2 Å². The van der Waals surface area contributed by atoms with Crippen molar-refractivity contribution in [2.24, 2.45) is 0 Å². The van der Waals surface area contributed by atoms with Crippen molar-refractivity contribution in [3.8, 4) is 0 Å². The predicted molar refractivity (Wildman–Crippen MR) is 103 cm³/mol. The summed E-state index contributed by atoms with van der Waals surface area (Å²) in [6.07, 6.45) is 4.31. The van der Waals surface area contributed by atoms with Crippen molar-refractivity contribution in [1.29, 1.82) is 0 Å². The monoisotopic (exact) mass is 407 g/mol. The standard InChI is InChI=1S/C19H23ClFN5O2/c20-15-4-1-5-16(21)14(15)13-25-11-8-23-19(28)17(25)12-18(27)22-6-2-9-26-10-3-7-24-26/h1,3-5,7,10,17H,2,6,8-9,11-13H2,(H,22,27)(H,23,28). The number of nitrogens with zero attached hydrogens (tertiary/aromatic N) is 3. The van der Waals surface area contributed by atoms with Gasteiger partial charge < -0.3 is 10.6 Å². The topological polar surface area (TPSA) is 79.3 Å². The summed E-state index contributed by atoms with van der Waals surface area (Å²) < 4.78 is 15.9. The highest BCUT2D eigenvalue weighted by Gasteiger charge is 2.32. The molecule has 1 aliphatic heterocycles. The number of nitrogens with one attached hydrogen (secondary N) is 2. The number of aromatic nitrogens is 2. The normalized spacial score (nSPS) is 17.4. The van der Waals surface area contributed by atoms with E-state index in [0.29, 0.717) is 36.8 Å². The van der Waals surface area contributed by atoms with Crippen molar-refractivity contribution in [2.75, 3.05) is 19.6 Å². The van der Waals surface area contributed by atoms with E-state index in [2.05, 4.69) is 15.7 Å². The Kier molecular flexibility index (Phi) is 7.00. The number of aryl methyl sites for hydroxylation is 1. The molecule has 2 N–H and O–H groups in total. The van der Waals surface area contributed by atoms with Gasteiger partial charge in [0.25, 0.3) is 0 Å². The molecule has 0 spiro atoms. The molecule has 150 valence electrons. The molecule has 1 atom stereocenters. The number of piperazine rings is 1. The molecule has 3 rings (SSSR count). The van der Waals surface area contributed by atoms with Gasteiger partial charge in [0.15, 0.2) is 0 Å². The minimum absolute atomic E-state index is 0.0136. The molecule has 1 aliphatic rings. The third kappa shape index (κ3) is 5.30. The summed E-state index contributed by atoms with van der Waals surface area (Å²) in [6.45, 7) is 2.35. The van der Waals surface area contributed by atoms with Crippen LogP contribution >= 0.6 is 11.6 Å². The smallest absolute Gasteiger partial charge is 0.237 e. The summed E-state index contributed by atoms with van der Waals surface area (Å²) in [5.74, 6) is -0.863. The second-order valence-corrected chi connectivity index (χ2v) is 7.06. The quantitative estimate of drug-likeness (QED) is 0.651. The van der Waals surface area contributed by atoms with Crippen LogP contribution in [0.3, 0.4) is 0 Å². The zero-order chi connectivity index (χ0) is 19.9. The van der Waals surface area contributed by atoms with Gasteiger partial charge in [0.05, 0.1) is 12.5 Å². The lowest BCUT2D eigenvalue weighted by atomic mass is 10.1. The Hall–Kier alpha value is -2.45. The van der Waals surface area contributed by atoms with Crippen molar-refractivity contribution >= 4 is 23.4 Å². The van der Waals surface area contributed by atoms with Crippen molar-refractivity contribution < 1.29 is 14.0 Å². The summed E-state index contributed by atoms with van der Waals surface area (Å²) in [6, 6.07) is 5.68. The van der Waals surface area contributed by atoms with Crippen LogP contribution in [0, 0.1) is 5.82 Å². The van der Waals surface area contributed by atoms with E-state index in [1.807, 2.05) is 12.3 Å². The van der Waals surface area contributed by atoms with E-state index in [0.717, 1.165) is 6.42 Å². The van der Waals surface area contributed by atoms with Crippen LogP contribution < -0.4 is 10.6 Å². The molecule has 28 heavy (non-hydrogen) atoms. The van der Waals surface area contributed by atoms with Gasteiger partial charge in [-0.2, -0.15) is 5.10 Å². The summed E-state index contributed by atoms with van der Waals surface area (Å²) in [4.78, 5) is 26.4. The lowest BCUT2D eigenvalue weighted by Gasteiger charge is -2.35. The Bertz CT molecular complexity index is 794. The van der Waals surface area contributed by atoms with Crippen molar-refractivity contribution in [2.45, 2.75) is 32.0 Å². The van der Waals surface area contributed by atoms with Crippen molar-refractivity contribution in [1.82, 2.24) is 25.3 Å². The van der Waals surface area contributed by atoms with Crippen LogP contribution in [0.25, 0.3) is 0 Å². The summed E-state index contributed by atoms with van der Waals surface area (Å²) in [5.41, 5.74) is 0.337. The molecular formula is C19H23ClFN5O2. The Morgan fingerprint density at radius 1 is 1.39 bits per heavy atom. The number of halogens is 2. The average molecular weight is 408 g/mol. The molecule has 1 aromatic carbocycles. The van der Waals surface area contributed by atoms with Gasteiger partial charge in [-0.25, -0.2) is 4.39 Å². The predicted octanol–water partition coefficient (Wildman–Crippen LogP) is 1.57. The molecule has 0 saturated carbocycles. The maximum absolute atomic E-state index is 14.1. The van der Waals surface area contributed by atoms with Gasteiger partial charge >= 0.3 is 0 Å². The second-order valence-electron chi connectivity index (χ2n) is 6.65. The Balaban J connectivity index is 1.54. The zero-order valence-corrected chi connectivity index (χ0v) is 16.2. The maximum atomic E-state index is 14.1. The van der Waals surface area contributed by atoms with E-state index in [1.54, 1.807) is 21.8 Å². The Labute approximate surface area is 167 Å². The molecule has 2 aromatic rings. The van der Waals surface area contributed by atoms with Crippen LogP contribution in [0.5, 0.6) is 0 Å². The fourth-order valence-electron chi connectivity index (χ4n) is 3.21. The van der Waals surface area contributed by atoms with Gasteiger partial charge in [0, 0.05) is 55.7 Å². The van der Waals surface area contributed by atoms with E-state index in [4.69, 9.17) is 11.6 Å². The summed E-state index contributed by atoms with van der Waals surface area (Å²) in [5, 5.41) is 10.0. The lowest BCUT2D eigenvalue weighted by Crippen LogP contribution is -2.56. The van der Waals surface area contributed by atoms with Gasteiger partial charge in [-0.05, 0) is 24.6 Å². The largest absolute Gasteiger partial charge is 0.356 e. The van der Waals surface area contributed by atoms with E-state index >= 15 is 0 Å². The van der Waals surface area contributed by atoms with E-state index in [1.165, 1.54) is 12.1 Å². The fraction of sp³-hybridized carbons (Fsp3) is 0.421. The van der Waals surface area contributed by atoms with Gasteiger partial charge in [-0.1, -0.05) is 17.7 Å². The highest BCUT2D eigenvalue weighted by atomic mass is 35.5. The zero-order valence-electron chi connectivity index (χ0n) is 15.4. The highest BCUT2D eigenvalue weighted by Crippen LogP contribution is 2.23. The fourth-order valence-corrected chi connectivity index (χ4v) is 3.43. The van der Waals surface area contributed by atoms with Crippen molar-refractivity contribution in [3.63, 3.8) is 0 Å². The molecule has 1 unspecified atom stereocenters. The van der Waals surface area contributed by atoms with E-state index in [-0.39, 0.29) is 24.8 Å². The molecule has 1 saturated heterocycles. The second kappa shape index (κ2) is 9.66. The number of amides is 2. The molecule has 1 aromatic heterocycles. The third-order valence-electron chi connectivity index (χ3n) is 4.69. The van der Waals surface area contributed by atoms with Gasteiger partial charge in [0.2, 0.25) is 11.8 Å². The first kappa shape index (κ1) is 20.3. The first-order chi connectivity index (χ1) is 13.5. The van der Waals surface area contributed by atoms with Crippen LogP contribution in [0.4, 0.5) is 4.39 Å². The molecular weight excluding hydrogens is 385 g/mol. The maximum Gasteiger partial charge on any atom is 0.237 e. The molecule has 0 bridgehead atoms. The van der Waals surface area contributed by atoms with Crippen LogP contribution in [0.1, 0.15) is 18.4 Å². The number of carbonyl (C=O) groups is 2. The molecule has 2 heterocycles. The van der Waals surface area contributed by atoms with Crippen molar-refractivity contribution in [3.05, 3.63) is 53.1 Å². The summed E-state index contributed by atoms with van der Waals surface area (Å²) in [7, 11) is 0. The van der Waals surface area contributed by atoms with Gasteiger partial charge in [-0.15, -0.1) is 0 Å². The Morgan fingerprint density at radius 3 is 3.00 bits per heavy atom. The third-order valence-corrected chi connectivity index (χ3v) is 5.04. The first-order valence-electron chi connectivity index (χ1n) is 9.23. The van der Waals surface area contributed by atoms with Crippen LogP contribution in [-0.2, 0) is 22.7 Å². The Morgan fingerprint density at radius 2 is 2.25 bits per heavy atom. The molecule has 0 aliphatic carbocycles. The number of benzene rings is 1. The molecule has 2 amide bonds. The van der Waals surface area contributed by atoms with Gasteiger partial charge in [-0.3, -0.25) is 19.2 Å². The lowest BCUT2D eigenvalue weighted by molar-refractivity contribution is -0.134. The highest BCUT2D eigenvalue weighted by molar-refractivity contribution is 6.31. The molecule has 0 radical (unpaired) electrons. The van der Waals surface area contributed by atoms with Crippen LogP contribution in [0.15, 0.2) is 36.7 Å². The number of hydrogen-bond donors (Lipinski definition) is 2. The summed E-state index contributed by atoms with van der Waals surface area (Å²) >= 11 is 6.11. The minimum atomic E-state index is -0.657. The SMILES string of the molecule is O=C(CC1C(=O)NCCN1Cc1c(F)cccc1Cl)NCCCn1cccn1. The van der Waals surface area contributed by atoms with E-state index < -0.39 is 11.9 Å². The van der Waals surface area contributed by atoms with Crippen LogP contribution in [0.2, 0.25) is 5.02 Å². The molecule has 1 fully saturated rings. The van der Waals surface area contributed by atoms with E-state index in [9.17, 15) is 14.0 Å². The molecule has 9 heteroatoms. The number of carbonyl (C=O) groups excluding carboxylic acids is 2. The first-order valence-corrected chi connectivity index (χ1v) is 9.61. The molecule has 7 nitrogen and oxygen atoms in total. The minimum Gasteiger partial charge on any atom is -0.356 e.